The first kappa shape index (κ1) is 29.1. The van der Waals surface area contributed by atoms with Crippen LogP contribution in [0.4, 0.5) is 0 Å². The van der Waals surface area contributed by atoms with Crippen molar-refractivity contribution in [2.75, 3.05) is 41.3 Å². The molecule has 3 rings (SSSR count). The number of carbonyl (C=O) groups excluding carboxylic acids is 1. The molecule has 0 fully saturated rings. The molecule has 38 heavy (non-hydrogen) atoms. The number of rotatable bonds is 12. The van der Waals surface area contributed by atoms with Gasteiger partial charge in [-0.15, -0.1) is 21.9 Å². The van der Waals surface area contributed by atoms with Crippen molar-refractivity contribution in [2.24, 2.45) is 0 Å². The fraction of sp³-hybridized carbons (Fsp3) is 0.462. The average molecular weight is 549 g/mol. The van der Waals surface area contributed by atoms with Crippen LogP contribution in [0, 0.1) is 10.1 Å². The SMILES string of the molecule is COCc1c2c(c(OC)c(OC)c1OC)-c1ccc(SC)c(=O)cc1C(NC(=O)CCCO[N+](=O)[O-])CC2. The Bertz CT molecular complexity index is 1250. The number of nitrogens with one attached hydrogen (secondary N) is 1. The summed E-state index contributed by atoms with van der Waals surface area (Å²) < 4.78 is 22.8. The first-order valence-corrected chi connectivity index (χ1v) is 13.2. The molecule has 1 aliphatic rings. The topological polar surface area (TPSA) is 135 Å². The summed E-state index contributed by atoms with van der Waals surface area (Å²) in [6, 6.07) is 4.68. The zero-order chi connectivity index (χ0) is 27.8. The van der Waals surface area contributed by atoms with Crippen LogP contribution in [-0.4, -0.2) is 52.3 Å². The Morgan fingerprint density at radius 2 is 1.84 bits per heavy atom. The van der Waals surface area contributed by atoms with Gasteiger partial charge in [-0.2, -0.15) is 0 Å². The number of thioether (sulfide) groups is 1. The minimum Gasteiger partial charge on any atom is -0.492 e. The van der Waals surface area contributed by atoms with E-state index in [0.717, 1.165) is 16.7 Å². The van der Waals surface area contributed by atoms with Crippen molar-refractivity contribution >= 4 is 17.7 Å². The molecule has 1 atom stereocenters. The van der Waals surface area contributed by atoms with E-state index >= 15 is 0 Å². The van der Waals surface area contributed by atoms with Crippen LogP contribution in [0.5, 0.6) is 17.2 Å². The normalized spacial score (nSPS) is 14.0. The largest absolute Gasteiger partial charge is 0.492 e. The predicted octanol–water partition coefficient (Wildman–Crippen LogP) is 3.70. The van der Waals surface area contributed by atoms with E-state index in [1.807, 2.05) is 12.3 Å². The highest BCUT2D eigenvalue weighted by molar-refractivity contribution is 7.98. The van der Waals surface area contributed by atoms with Crippen molar-refractivity contribution in [3.8, 4) is 28.4 Å². The molecule has 1 amide bonds. The van der Waals surface area contributed by atoms with Gasteiger partial charge in [0.1, 0.15) is 0 Å². The number of ether oxygens (including phenoxy) is 4. The fourth-order valence-electron chi connectivity index (χ4n) is 4.78. The highest BCUT2D eigenvalue weighted by Crippen LogP contribution is 2.52. The number of carbonyl (C=O) groups is 1. The number of nitrogens with zero attached hydrogens (tertiary/aromatic N) is 1. The average Bonchev–Trinajstić information content (AvgIpc) is 3.15. The van der Waals surface area contributed by atoms with Crippen molar-refractivity contribution in [3.05, 3.63) is 55.2 Å². The van der Waals surface area contributed by atoms with Crippen LogP contribution in [0.1, 0.15) is 42.0 Å². The molecular weight excluding hydrogens is 516 g/mol. The molecule has 0 radical (unpaired) electrons. The molecule has 0 aromatic heterocycles. The van der Waals surface area contributed by atoms with Gasteiger partial charge < -0.3 is 29.1 Å². The van der Waals surface area contributed by atoms with Crippen LogP contribution in [0.3, 0.4) is 0 Å². The van der Waals surface area contributed by atoms with Crippen LogP contribution in [0.15, 0.2) is 27.9 Å². The van der Waals surface area contributed by atoms with Crippen molar-refractivity contribution < 1.29 is 33.7 Å². The third kappa shape index (κ3) is 6.13. The van der Waals surface area contributed by atoms with E-state index in [1.54, 1.807) is 33.5 Å². The predicted molar refractivity (Wildman–Crippen MR) is 142 cm³/mol. The van der Waals surface area contributed by atoms with Gasteiger partial charge in [0.25, 0.3) is 5.09 Å². The van der Waals surface area contributed by atoms with Gasteiger partial charge in [-0.1, -0.05) is 6.07 Å². The molecule has 1 aliphatic carbocycles. The lowest BCUT2D eigenvalue weighted by atomic mass is 9.91. The lowest BCUT2D eigenvalue weighted by Gasteiger charge is -2.23. The Hall–Kier alpha value is -3.51. The van der Waals surface area contributed by atoms with E-state index in [2.05, 4.69) is 10.2 Å². The summed E-state index contributed by atoms with van der Waals surface area (Å²) in [6.45, 7) is 0.0670. The second-order valence-electron chi connectivity index (χ2n) is 8.46. The Labute approximate surface area is 224 Å². The fourth-order valence-corrected chi connectivity index (χ4v) is 5.24. The zero-order valence-electron chi connectivity index (χ0n) is 22.1. The maximum atomic E-state index is 13.1. The monoisotopic (exact) mass is 548 g/mol. The summed E-state index contributed by atoms with van der Waals surface area (Å²) in [5.74, 6) is 1.05. The molecule has 1 unspecified atom stereocenters. The summed E-state index contributed by atoms with van der Waals surface area (Å²) in [5, 5.41) is 12.5. The first-order chi connectivity index (χ1) is 18.3. The second-order valence-corrected chi connectivity index (χ2v) is 9.31. The molecular formula is C26H32N2O9S. The molecule has 12 heteroatoms. The summed E-state index contributed by atoms with van der Waals surface area (Å²) >= 11 is 1.34. The summed E-state index contributed by atoms with van der Waals surface area (Å²) in [7, 11) is 6.21. The van der Waals surface area contributed by atoms with Gasteiger partial charge in [-0.05, 0) is 54.3 Å². The Kier molecular flexibility index (Phi) is 10.2. The lowest BCUT2D eigenvalue weighted by molar-refractivity contribution is -0.757. The molecule has 1 N–H and O–H groups in total. The summed E-state index contributed by atoms with van der Waals surface area (Å²) in [5.41, 5.74) is 3.62. The molecule has 0 aliphatic heterocycles. The second kappa shape index (κ2) is 13.3. The molecule has 0 bridgehead atoms. The number of hydrogen-bond donors (Lipinski definition) is 1. The Balaban J connectivity index is 2.21. The van der Waals surface area contributed by atoms with Gasteiger partial charge in [0, 0.05) is 24.7 Å². The Morgan fingerprint density at radius 3 is 2.45 bits per heavy atom. The Morgan fingerprint density at radius 1 is 1.13 bits per heavy atom. The number of hydrogen-bond acceptors (Lipinski definition) is 10. The molecule has 2 aromatic carbocycles. The summed E-state index contributed by atoms with van der Waals surface area (Å²) in [6.07, 6.45) is 3.03. The number of fused-ring (bicyclic) bond motifs is 3. The van der Waals surface area contributed by atoms with Gasteiger partial charge >= 0.3 is 0 Å². The lowest BCUT2D eigenvalue weighted by Crippen LogP contribution is -2.29. The van der Waals surface area contributed by atoms with E-state index in [4.69, 9.17) is 18.9 Å². The van der Waals surface area contributed by atoms with Crippen molar-refractivity contribution in [3.63, 3.8) is 0 Å². The third-order valence-corrected chi connectivity index (χ3v) is 7.13. The van der Waals surface area contributed by atoms with Gasteiger partial charge in [0.15, 0.2) is 16.9 Å². The van der Waals surface area contributed by atoms with Crippen LogP contribution in [-0.2, 0) is 27.4 Å². The van der Waals surface area contributed by atoms with E-state index in [0.29, 0.717) is 46.1 Å². The highest BCUT2D eigenvalue weighted by Gasteiger charge is 2.32. The molecule has 0 saturated heterocycles. The van der Waals surface area contributed by atoms with Crippen molar-refractivity contribution in [1.82, 2.24) is 5.32 Å². The number of amides is 1. The van der Waals surface area contributed by atoms with E-state index in [9.17, 15) is 19.7 Å². The van der Waals surface area contributed by atoms with Crippen LogP contribution in [0.2, 0.25) is 0 Å². The number of methoxy groups -OCH3 is 4. The number of benzene rings is 1. The maximum absolute atomic E-state index is 13.1. The molecule has 2 aromatic rings. The smallest absolute Gasteiger partial charge is 0.294 e. The van der Waals surface area contributed by atoms with Crippen LogP contribution >= 0.6 is 11.8 Å². The van der Waals surface area contributed by atoms with Crippen molar-refractivity contribution in [1.29, 1.82) is 0 Å². The third-order valence-electron chi connectivity index (χ3n) is 6.35. The van der Waals surface area contributed by atoms with E-state index < -0.39 is 11.1 Å². The van der Waals surface area contributed by atoms with Gasteiger partial charge in [-0.3, -0.25) is 9.59 Å². The zero-order valence-corrected chi connectivity index (χ0v) is 22.9. The summed E-state index contributed by atoms with van der Waals surface area (Å²) in [4.78, 5) is 41.2. The molecule has 11 nitrogen and oxygen atoms in total. The standard InChI is InChI=1S/C26H32N2O9S/c1-33-14-18-16-8-10-19(27-22(30)7-6-12-37-28(31)32)17-13-20(29)21(38-5)11-9-15(17)23(16)25(35-3)26(36-4)24(18)34-2/h9,11,13,19H,6-8,10,12,14H2,1-5H3,(H,27,30). The molecule has 0 spiro atoms. The van der Waals surface area contributed by atoms with Gasteiger partial charge in [0.05, 0.1) is 45.5 Å². The first-order valence-electron chi connectivity index (χ1n) is 11.9. The molecule has 206 valence electrons. The van der Waals surface area contributed by atoms with E-state index in [-0.39, 0.29) is 37.4 Å². The van der Waals surface area contributed by atoms with Gasteiger partial charge in [-0.25, -0.2) is 0 Å². The minimum absolute atomic E-state index is 0.0335. The highest BCUT2D eigenvalue weighted by atomic mass is 32.2. The van der Waals surface area contributed by atoms with Crippen molar-refractivity contribution in [2.45, 2.75) is 43.2 Å². The maximum Gasteiger partial charge on any atom is 0.294 e. The quantitative estimate of drug-likeness (QED) is 0.181. The van der Waals surface area contributed by atoms with Crippen LogP contribution in [0.25, 0.3) is 11.1 Å². The molecule has 0 saturated carbocycles. The van der Waals surface area contributed by atoms with E-state index in [1.165, 1.54) is 18.9 Å². The minimum atomic E-state index is -0.886. The van der Waals surface area contributed by atoms with Crippen LogP contribution < -0.4 is 25.0 Å². The molecule has 0 heterocycles. The van der Waals surface area contributed by atoms with Gasteiger partial charge in [0.2, 0.25) is 11.7 Å².